The highest BCUT2D eigenvalue weighted by atomic mass is 32.2. The number of aromatic amines is 1. The van der Waals surface area contributed by atoms with Crippen LogP contribution in [0.15, 0.2) is 30.6 Å². The lowest BCUT2D eigenvalue weighted by molar-refractivity contribution is -0.113. The number of ether oxygens (including phenoxy) is 1. The Morgan fingerprint density at radius 3 is 3.04 bits per heavy atom. The summed E-state index contributed by atoms with van der Waals surface area (Å²) in [5, 5.41) is 9.85. The first-order valence-corrected chi connectivity index (χ1v) is 8.92. The number of pyridine rings is 1. The fourth-order valence-corrected chi connectivity index (χ4v) is 3.37. The molecule has 122 valence electrons. The summed E-state index contributed by atoms with van der Waals surface area (Å²) in [5.41, 5.74) is 1.84. The van der Waals surface area contributed by atoms with Gasteiger partial charge in [-0.15, -0.1) is 11.8 Å². The fraction of sp³-hybridized carbons (Fsp3) is 0.438. The Kier molecular flexibility index (Phi) is 5.65. The van der Waals surface area contributed by atoms with Crippen LogP contribution in [0.5, 0.6) is 0 Å². The number of carbonyl (C=O) groups excluding carboxylic acids is 1. The number of rotatable bonds is 6. The van der Waals surface area contributed by atoms with Crippen LogP contribution in [0.1, 0.15) is 19.3 Å². The van der Waals surface area contributed by atoms with E-state index in [9.17, 15) is 4.79 Å². The van der Waals surface area contributed by atoms with Gasteiger partial charge in [-0.3, -0.25) is 14.9 Å². The van der Waals surface area contributed by atoms with E-state index in [2.05, 4.69) is 20.5 Å². The van der Waals surface area contributed by atoms with Gasteiger partial charge in [0.15, 0.2) is 5.82 Å². The maximum Gasteiger partial charge on any atom is 0.235 e. The maximum absolute atomic E-state index is 12.0. The van der Waals surface area contributed by atoms with Gasteiger partial charge in [-0.05, 0) is 31.4 Å². The molecule has 1 aliphatic rings. The van der Waals surface area contributed by atoms with Gasteiger partial charge in [0, 0.05) is 36.4 Å². The molecule has 6 nitrogen and oxygen atoms in total. The van der Waals surface area contributed by atoms with E-state index < -0.39 is 0 Å². The molecule has 0 spiro atoms. The van der Waals surface area contributed by atoms with Gasteiger partial charge in [-0.25, -0.2) is 0 Å². The summed E-state index contributed by atoms with van der Waals surface area (Å²) in [6.45, 7) is 0.850. The van der Waals surface area contributed by atoms with Crippen LogP contribution in [0.4, 0.5) is 5.82 Å². The minimum absolute atomic E-state index is 0.0430. The summed E-state index contributed by atoms with van der Waals surface area (Å²) < 4.78 is 5.66. The SMILES string of the molecule is O=C(CSC[C@@H]1CCCCO1)Nc1cc(-c2ccncc2)[nH]n1. The number of amides is 1. The Morgan fingerprint density at radius 2 is 2.26 bits per heavy atom. The third-order valence-corrected chi connectivity index (χ3v) is 4.72. The quantitative estimate of drug-likeness (QED) is 0.850. The average Bonchev–Trinajstić information content (AvgIpc) is 3.05. The second-order valence-electron chi connectivity index (χ2n) is 5.45. The van der Waals surface area contributed by atoms with Gasteiger partial charge in [0.05, 0.1) is 17.6 Å². The van der Waals surface area contributed by atoms with Gasteiger partial charge in [-0.1, -0.05) is 0 Å². The van der Waals surface area contributed by atoms with Crippen molar-refractivity contribution in [3.8, 4) is 11.3 Å². The molecule has 2 aromatic heterocycles. The monoisotopic (exact) mass is 332 g/mol. The van der Waals surface area contributed by atoms with Crippen LogP contribution in [0.2, 0.25) is 0 Å². The van der Waals surface area contributed by atoms with E-state index in [0.717, 1.165) is 36.5 Å². The minimum atomic E-state index is -0.0430. The number of nitrogens with one attached hydrogen (secondary N) is 2. The molecule has 3 rings (SSSR count). The second-order valence-corrected chi connectivity index (χ2v) is 6.48. The molecule has 0 bridgehead atoms. The van der Waals surface area contributed by atoms with Gasteiger partial charge >= 0.3 is 0 Å². The van der Waals surface area contributed by atoms with Crippen molar-refractivity contribution < 1.29 is 9.53 Å². The molecule has 1 fully saturated rings. The first-order chi connectivity index (χ1) is 11.3. The smallest absolute Gasteiger partial charge is 0.235 e. The summed E-state index contributed by atoms with van der Waals surface area (Å²) in [6.07, 6.45) is 7.22. The van der Waals surface area contributed by atoms with Crippen LogP contribution in [-0.2, 0) is 9.53 Å². The van der Waals surface area contributed by atoms with Crippen LogP contribution in [0.3, 0.4) is 0 Å². The Balaban J connectivity index is 1.44. The summed E-state index contributed by atoms with van der Waals surface area (Å²) in [7, 11) is 0. The first-order valence-electron chi connectivity index (χ1n) is 7.76. The normalized spacial score (nSPS) is 17.8. The molecule has 0 unspecified atom stereocenters. The minimum Gasteiger partial charge on any atom is -0.377 e. The van der Waals surface area contributed by atoms with Crippen molar-refractivity contribution in [2.75, 3.05) is 23.4 Å². The Labute approximate surface area is 139 Å². The molecule has 3 heterocycles. The Morgan fingerprint density at radius 1 is 1.39 bits per heavy atom. The molecular weight excluding hydrogens is 312 g/mol. The third kappa shape index (κ3) is 4.80. The van der Waals surface area contributed by atoms with Crippen LogP contribution in [0, 0.1) is 0 Å². The first kappa shape index (κ1) is 16.0. The van der Waals surface area contributed by atoms with E-state index in [0.29, 0.717) is 17.7 Å². The van der Waals surface area contributed by atoms with Crippen LogP contribution >= 0.6 is 11.8 Å². The number of anilines is 1. The van der Waals surface area contributed by atoms with Crippen LogP contribution in [-0.4, -0.2) is 45.3 Å². The molecule has 2 aromatic rings. The predicted octanol–water partition coefficient (Wildman–Crippen LogP) is 2.71. The van der Waals surface area contributed by atoms with Crippen molar-refractivity contribution in [3.05, 3.63) is 30.6 Å². The van der Waals surface area contributed by atoms with Gasteiger partial charge in [-0.2, -0.15) is 5.10 Å². The van der Waals surface area contributed by atoms with Gasteiger partial charge < -0.3 is 10.1 Å². The number of carbonyl (C=O) groups is 1. The highest BCUT2D eigenvalue weighted by Gasteiger charge is 2.14. The van der Waals surface area contributed by atoms with E-state index in [-0.39, 0.29) is 5.91 Å². The van der Waals surface area contributed by atoms with Gasteiger partial charge in [0.2, 0.25) is 5.91 Å². The molecule has 1 saturated heterocycles. The van der Waals surface area contributed by atoms with E-state index in [1.54, 1.807) is 24.2 Å². The van der Waals surface area contributed by atoms with E-state index in [1.165, 1.54) is 6.42 Å². The fourth-order valence-electron chi connectivity index (χ4n) is 2.47. The molecule has 1 atom stereocenters. The molecule has 0 aromatic carbocycles. The highest BCUT2D eigenvalue weighted by molar-refractivity contribution is 8.00. The summed E-state index contributed by atoms with van der Waals surface area (Å²) in [6, 6.07) is 5.60. The molecular formula is C16H20N4O2S. The van der Waals surface area contributed by atoms with Crippen molar-refractivity contribution >= 4 is 23.5 Å². The lowest BCUT2D eigenvalue weighted by Crippen LogP contribution is -2.23. The molecule has 0 saturated carbocycles. The highest BCUT2D eigenvalue weighted by Crippen LogP contribution is 2.19. The van der Waals surface area contributed by atoms with Gasteiger partial charge in [0.25, 0.3) is 0 Å². The summed E-state index contributed by atoms with van der Waals surface area (Å²) in [4.78, 5) is 15.9. The third-order valence-electron chi connectivity index (χ3n) is 3.65. The predicted molar refractivity (Wildman–Crippen MR) is 91.4 cm³/mol. The van der Waals surface area contributed by atoms with Crippen molar-refractivity contribution in [1.29, 1.82) is 0 Å². The molecule has 2 N–H and O–H groups in total. The lowest BCUT2D eigenvalue weighted by Gasteiger charge is -2.21. The van der Waals surface area contributed by atoms with E-state index in [4.69, 9.17) is 4.74 Å². The molecule has 0 aliphatic carbocycles. The van der Waals surface area contributed by atoms with E-state index in [1.807, 2.05) is 18.2 Å². The van der Waals surface area contributed by atoms with Crippen molar-refractivity contribution in [2.45, 2.75) is 25.4 Å². The summed E-state index contributed by atoms with van der Waals surface area (Å²) >= 11 is 1.61. The molecule has 0 radical (unpaired) electrons. The number of nitrogens with zero attached hydrogens (tertiary/aromatic N) is 2. The number of H-pyrrole nitrogens is 1. The standard InChI is InChI=1S/C16H20N4O2S/c21-16(11-23-10-13-3-1-2-8-22-13)18-15-9-14(19-20-15)12-4-6-17-7-5-12/h4-7,9,13H,1-3,8,10-11H2,(H2,18,19,20,21)/t13-/m0/s1. The zero-order valence-corrected chi connectivity index (χ0v) is 13.6. The maximum atomic E-state index is 12.0. The molecule has 23 heavy (non-hydrogen) atoms. The number of hydrogen-bond donors (Lipinski definition) is 2. The largest absolute Gasteiger partial charge is 0.377 e. The lowest BCUT2D eigenvalue weighted by atomic mass is 10.1. The van der Waals surface area contributed by atoms with Crippen molar-refractivity contribution in [2.24, 2.45) is 0 Å². The van der Waals surface area contributed by atoms with E-state index >= 15 is 0 Å². The molecule has 7 heteroatoms. The number of hydrogen-bond acceptors (Lipinski definition) is 5. The van der Waals surface area contributed by atoms with Crippen LogP contribution in [0.25, 0.3) is 11.3 Å². The number of thioether (sulfide) groups is 1. The van der Waals surface area contributed by atoms with Crippen molar-refractivity contribution in [3.63, 3.8) is 0 Å². The Hall–Kier alpha value is -1.86. The molecule has 1 aliphatic heterocycles. The molecule has 1 amide bonds. The van der Waals surface area contributed by atoms with Crippen molar-refractivity contribution in [1.82, 2.24) is 15.2 Å². The summed E-state index contributed by atoms with van der Waals surface area (Å²) in [5.74, 6) is 1.78. The zero-order chi connectivity index (χ0) is 15.9. The van der Waals surface area contributed by atoms with Crippen LogP contribution < -0.4 is 5.32 Å². The second kappa shape index (κ2) is 8.12. The van der Waals surface area contributed by atoms with Gasteiger partial charge in [0.1, 0.15) is 0 Å². The zero-order valence-electron chi connectivity index (χ0n) is 12.8. The topological polar surface area (TPSA) is 79.9 Å². The Bertz CT molecular complexity index is 626. The number of aromatic nitrogens is 3. The average molecular weight is 332 g/mol.